The van der Waals surface area contributed by atoms with Crippen LogP contribution in [0.5, 0.6) is 5.75 Å². The van der Waals surface area contributed by atoms with Gasteiger partial charge in [0.2, 0.25) is 5.91 Å². The van der Waals surface area contributed by atoms with Crippen molar-refractivity contribution in [1.82, 2.24) is 0 Å². The lowest BCUT2D eigenvalue weighted by Crippen LogP contribution is -2.26. The van der Waals surface area contributed by atoms with Crippen LogP contribution in [-0.4, -0.2) is 17.8 Å². The van der Waals surface area contributed by atoms with Crippen molar-refractivity contribution in [3.05, 3.63) is 59.1 Å². The summed E-state index contributed by atoms with van der Waals surface area (Å²) in [6.07, 6.45) is 0. The molecule has 0 heterocycles. The first-order chi connectivity index (χ1) is 10.5. The Kier molecular flexibility index (Phi) is 6.29. The van der Waals surface area contributed by atoms with Crippen LogP contribution >= 0.6 is 43.5 Å². The first-order valence-corrected chi connectivity index (χ1v) is 8.71. The lowest BCUT2D eigenvalue weighted by molar-refractivity contribution is -0.115. The summed E-state index contributed by atoms with van der Waals surface area (Å²) in [5.74, 6) is 0.370. The van der Waals surface area contributed by atoms with Gasteiger partial charge in [-0.2, -0.15) is 0 Å². The highest BCUT2D eigenvalue weighted by Crippen LogP contribution is 2.33. The zero-order valence-electron chi connectivity index (χ0n) is 11.7. The Morgan fingerprint density at radius 2 is 1.86 bits per heavy atom. The quantitative estimate of drug-likeness (QED) is 0.641. The van der Waals surface area contributed by atoms with Gasteiger partial charge >= 0.3 is 0 Å². The summed E-state index contributed by atoms with van der Waals surface area (Å²) in [4.78, 5) is 11.8. The summed E-state index contributed by atoms with van der Waals surface area (Å²) in [7, 11) is 1.54. The molecule has 2 aromatic rings. The van der Waals surface area contributed by atoms with Crippen LogP contribution in [-0.2, 0) is 4.79 Å². The average Bonchev–Trinajstić information content (AvgIpc) is 2.54. The number of hydrogen-bond acceptors (Lipinski definition) is 2. The lowest BCUT2D eigenvalue weighted by Gasteiger charge is -2.18. The van der Waals surface area contributed by atoms with E-state index in [0.717, 1.165) is 5.56 Å². The second-order valence-corrected chi connectivity index (χ2v) is 6.96. The molecule has 0 aliphatic heterocycles. The van der Waals surface area contributed by atoms with E-state index in [-0.39, 0.29) is 10.7 Å². The average molecular weight is 448 g/mol. The van der Waals surface area contributed by atoms with E-state index in [0.29, 0.717) is 16.5 Å². The fourth-order valence-electron chi connectivity index (χ4n) is 1.92. The first-order valence-electron chi connectivity index (χ1n) is 6.50. The summed E-state index contributed by atoms with van der Waals surface area (Å²) in [5, 5.41) is 3.36. The summed E-state index contributed by atoms with van der Waals surface area (Å²) in [6.45, 7) is 0. The summed E-state index contributed by atoms with van der Waals surface area (Å²) >= 11 is 13.0. The maximum absolute atomic E-state index is 12.4. The summed E-state index contributed by atoms with van der Waals surface area (Å²) < 4.78 is 5.23. The number of rotatable bonds is 5. The lowest BCUT2D eigenvalue weighted by atomic mass is 10.1. The number of methoxy groups -OCH3 is 1. The molecule has 0 aliphatic carbocycles. The monoisotopic (exact) mass is 445 g/mol. The number of alkyl halides is 2. The number of anilines is 1. The van der Waals surface area contributed by atoms with Crippen molar-refractivity contribution in [1.29, 1.82) is 0 Å². The van der Waals surface area contributed by atoms with Gasteiger partial charge in [-0.3, -0.25) is 4.79 Å². The molecule has 3 nitrogen and oxygen atoms in total. The molecule has 1 N–H and O–H groups in total. The van der Waals surface area contributed by atoms with Crippen LogP contribution in [0.4, 0.5) is 5.69 Å². The number of carbonyl (C=O) groups excluding carboxylic acids is 1. The number of benzene rings is 2. The second kappa shape index (κ2) is 7.99. The van der Waals surface area contributed by atoms with Gasteiger partial charge in [0.1, 0.15) is 10.6 Å². The minimum absolute atomic E-state index is 0.154. The Bertz CT molecular complexity index is 652. The molecule has 0 fully saturated rings. The second-order valence-electron chi connectivity index (χ2n) is 4.55. The Labute approximate surface area is 151 Å². The molecule has 2 atom stereocenters. The van der Waals surface area contributed by atoms with Crippen LogP contribution in [0, 0.1) is 0 Å². The molecule has 0 radical (unpaired) electrons. The largest absolute Gasteiger partial charge is 0.495 e. The van der Waals surface area contributed by atoms with Crippen LogP contribution in [0.15, 0.2) is 48.5 Å². The topological polar surface area (TPSA) is 38.3 Å². The third-order valence-corrected chi connectivity index (χ3v) is 5.99. The summed E-state index contributed by atoms with van der Waals surface area (Å²) in [5.41, 5.74) is 1.55. The van der Waals surface area contributed by atoms with Crippen LogP contribution in [0.2, 0.25) is 5.02 Å². The molecule has 0 bridgehead atoms. The molecule has 0 saturated carbocycles. The van der Waals surface area contributed by atoms with Crippen molar-refractivity contribution in [2.45, 2.75) is 9.65 Å². The van der Waals surface area contributed by atoms with Gasteiger partial charge in [-0.1, -0.05) is 73.8 Å². The zero-order chi connectivity index (χ0) is 16.1. The Balaban J connectivity index is 2.13. The number of nitrogens with one attached hydrogen (secondary N) is 1. The highest BCUT2D eigenvalue weighted by atomic mass is 79.9. The van der Waals surface area contributed by atoms with Crippen molar-refractivity contribution < 1.29 is 9.53 Å². The van der Waals surface area contributed by atoms with E-state index in [1.54, 1.807) is 25.3 Å². The highest BCUT2D eigenvalue weighted by molar-refractivity contribution is 9.12. The summed E-state index contributed by atoms with van der Waals surface area (Å²) in [6, 6.07) is 14.8. The minimum Gasteiger partial charge on any atom is -0.495 e. The van der Waals surface area contributed by atoms with E-state index in [2.05, 4.69) is 37.2 Å². The highest BCUT2D eigenvalue weighted by Gasteiger charge is 2.25. The van der Waals surface area contributed by atoms with Gasteiger partial charge in [0.05, 0.1) is 17.6 Å². The van der Waals surface area contributed by atoms with Gasteiger partial charge < -0.3 is 10.1 Å². The standard InChI is InChI=1S/C16H14Br2ClNO2/c1-22-13-8-7-11(19)9-12(13)20-16(21)15(18)14(17)10-5-3-2-4-6-10/h2-9,14-15H,1H3,(H,20,21)/t14-,15+/m1/s1. The normalized spacial score (nSPS) is 13.3. The number of halogens is 3. The Morgan fingerprint density at radius 1 is 1.18 bits per heavy atom. The maximum atomic E-state index is 12.4. The first kappa shape index (κ1) is 17.3. The van der Waals surface area contributed by atoms with E-state index in [1.807, 2.05) is 30.3 Å². The molecular formula is C16H14Br2ClNO2. The molecule has 1 amide bonds. The third-order valence-electron chi connectivity index (χ3n) is 3.04. The molecule has 0 aromatic heterocycles. The van der Waals surface area contributed by atoms with Crippen LogP contribution in [0.1, 0.15) is 10.4 Å². The molecule has 2 aromatic carbocycles. The molecule has 6 heteroatoms. The smallest absolute Gasteiger partial charge is 0.239 e. The van der Waals surface area contributed by atoms with Crippen molar-refractivity contribution in [3.63, 3.8) is 0 Å². The van der Waals surface area contributed by atoms with Gasteiger partial charge in [0, 0.05) is 5.02 Å². The third kappa shape index (κ3) is 4.24. The predicted molar refractivity (Wildman–Crippen MR) is 97.5 cm³/mol. The van der Waals surface area contributed by atoms with E-state index in [1.165, 1.54) is 0 Å². The molecule has 116 valence electrons. The van der Waals surface area contributed by atoms with Gasteiger partial charge in [0.15, 0.2) is 0 Å². The van der Waals surface area contributed by atoms with Gasteiger partial charge in [-0.15, -0.1) is 0 Å². The fraction of sp³-hybridized carbons (Fsp3) is 0.188. The van der Waals surface area contributed by atoms with E-state index in [4.69, 9.17) is 16.3 Å². The Hall–Kier alpha value is -1.04. The molecule has 2 rings (SSSR count). The molecular weight excluding hydrogens is 433 g/mol. The van der Waals surface area contributed by atoms with Gasteiger partial charge in [-0.25, -0.2) is 0 Å². The van der Waals surface area contributed by atoms with E-state index in [9.17, 15) is 4.79 Å². The molecule has 0 saturated heterocycles. The number of hydrogen-bond donors (Lipinski definition) is 1. The van der Waals surface area contributed by atoms with Crippen LogP contribution < -0.4 is 10.1 Å². The van der Waals surface area contributed by atoms with Crippen molar-refractivity contribution in [2.75, 3.05) is 12.4 Å². The molecule has 0 unspecified atom stereocenters. The number of ether oxygens (including phenoxy) is 1. The van der Waals surface area contributed by atoms with Gasteiger partial charge in [0.25, 0.3) is 0 Å². The predicted octanol–water partition coefficient (Wildman–Crippen LogP) is 5.19. The molecule has 22 heavy (non-hydrogen) atoms. The maximum Gasteiger partial charge on any atom is 0.239 e. The molecule has 0 aliphatic rings. The van der Waals surface area contributed by atoms with Crippen molar-refractivity contribution in [3.8, 4) is 5.75 Å². The van der Waals surface area contributed by atoms with E-state index < -0.39 is 4.83 Å². The van der Waals surface area contributed by atoms with Gasteiger partial charge in [-0.05, 0) is 23.8 Å². The van der Waals surface area contributed by atoms with E-state index >= 15 is 0 Å². The number of amides is 1. The van der Waals surface area contributed by atoms with Crippen molar-refractivity contribution in [2.24, 2.45) is 0 Å². The SMILES string of the molecule is COc1ccc(Cl)cc1NC(=O)[C@@H](Br)[C@H](Br)c1ccccc1. The zero-order valence-corrected chi connectivity index (χ0v) is 15.7. The molecule has 0 spiro atoms. The minimum atomic E-state index is -0.446. The van der Waals surface area contributed by atoms with Crippen LogP contribution in [0.25, 0.3) is 0 Å². The fourth-order valence-corrected chi connectivity index (χ4v) is 3.06. The Morgan fingerprint density at radius 3 is 2.50 bits per heavy atom. The number of carbonyl (C=O) groups is 1. The van der Waals surface area contributed by atoms with Crippen LogP contribution in [0.3, 0.4) is 0 Å². The van der Waals surface area contributed by atoms with Crippen molar-refractivity contribution >= 4 is 55.1 Å².